The third-order valence-corrected chi connectivity index (χ3v) is 7.26. The van der Waals surface area contributed by atoms with Gasteiger partial charge in [-0.1, -0.05) is 17.7 Å². The molecule has 184 valence electrons. The number of nitrogen functional groups attached to an aromatic ring is 1. The maximum Gasteiger partial charge on any atom is 0.126 e. The number of anilines is 2. The number of hydrogen-bond donors (Lipinski definition) is 2. The molecule has 4 heterocycles. The van der Waals surface area contributed by atoms with Gasteiger partial charge in [-0.05, 0) is 42.3 Å². The molecule has 0 spiro atoms. The van der Waals surface area contributed by atoms with Crippen LogP contribution < -0.4 is 16.0 Å². The summed E-state index contributed by atoms with van der Waals surface area (Å²) in [5.74, 6) is -1.27. The number of nitrogens with zero attached hydrogens (tertiary/aromatic N) is 3. The number of halogens is 3. The lowest BCUT2D eigenvalue weighted by molar-refractivity contribution is -0.0134. The van der Waals surface area contributed by atoms with E-state index in [0.717, 1.165) is 47.7 Å². The maximum absolute atomic E-state index is 14.3. The fraction of sp³-hybridized carbons (Fsp3) is 0.259. The summed E-state index contributed by atoms with van der Waals surface area (Å²) in [6, 6.07) is 11.1. The SMILES string of the molecule is Nc1c(Cl)ccnc1-c1ccc2ncc(-c3cc(F)cc(F)c3)c(N3CC[C@H]4OCCN[C@@H]4C3)c2c1. The number of piperidine rings is 1. The molecule has 2 atom stereocenters. The number of benzene rings is 2. The molecule has 2 aliphatic heterocycles. The monoisotopic (exact) mass is 507 g/mol. The molecule has 2 aromatic carbocycles. The van der Waals surface area contributed by atoms with Gasteiger partial charge in [0.25, 0.3) is 0 Å². The highest BCUT2D eigenvalue weighted by Gasteiger charge is 2.33. The molecule has 2 fully saturated rings. The van der Waals surface area contributed by atoms with Crippen molar-refractivity contribution in [3.05, 3.63) is 71.5 Å². The molecule has 9 heteroatoms. The van der Waals surface area contributed by atoms with E-state index in [0.29, 0.717) is 40.7 Å². The normalized spacial score (nSPS) is 19.9. The minimum Gasteiger partial charge on any atom is -0.396 e. The molecular weight excluding hydrogens is 484 g/mol. The van der Waals surface area contributed by atoms with Crippen molar-refractivity contribution in [3.8, 4) is 22.4 Å². The Kier molecular flexibility index (Phi) is 5.95. The summed E-state index contributed by atoms with van der Waals surface area (Å²) in [7, 11) is 0. The van der Waals surface area contributed by atoms with E-state index in [2.05, 4.69) is 20.2 Å². The van der Waals surface area contributed by atoms with Crippen LogP contribution >= 0.6 is 11.6 Å². The van der Waals surface area contributed by atoms with Crippen molar-refractivity contribution in [2.24, 2.45) is 0 Å². The van der Waals surface area contributed by atoms with Gasteiger partial charge in [0.1, 0.15) is 11.6 Å². The largest absolute Gasteiger partial charge is 0.396 e. The average molecular weight is 508 g/mol. The molecule has 2 saturated heterocycles. The second-order valence-corrected chi connectivity index (χ2v) is 9.58. The van der Waals surface area contributed by atoms with Crippen LogP contribution in [-0.2, 0) is 4.74 Å². The van der Waals surface area contributed by atoms with Crippen LogP contribution in [0.15, 0.2) is 54.9 Å². The Bertz CT molecular complexity index is 1450. The molecule has 2 aliphatic rings. The summed E-state index contributed by atoms with van der Waals surface area (Å²) in [6.45, 7) is 2.91. The van der Waals surface area contributed by atoms with Gasteiger partial charge in [-0.25, -0.2) is 8.78 Å². The number of hydrogen-bond acceptors (Lipinski definition) is 6. The third-order valence-electron chi connectivity index (χ3n) is 6.93. The van der Waals surface area contributed by atoms with Crippen LogP contribution in [0.4, 0.5) is 20.2 Å². The number of rotatable bonds is 3. The molecule has 0 aliphatic carbocycles. The zero-order chi connectivity index (χ0) is 24.8. The van der Waals surface area contributed by atoms with Crippen LogP contribution in [0.2, 0.25) is 5.02 Å². The van der Waals surface area contributed by atoms with Gasteiger partial charge in [0, 0.05) is 54.6 Å². The van der Waals surface area contributed by atoms with Gasteiger partial charge < -0.3 is 20.7 Å². The van der Waals surface area contributed by atoms with Crippen molar-refractivity contribution < 1.29 is 13.5 Å². The van der Waals surface area contributed by atoms with Crippen molar-refractivity contribution >= 4 is 33.9 Å². The van der Waals surface area contributed by atoms with Crippen LogP contribution in [0.3, 0.4) is 0 Å². The molecule has 0 unspecified atom stereocenters. The molecule has 3 N–H and O–H groups in total. The lowest BCUT2D eigenvalue weighted by Crippen LogP contribution is -2.58. The second-order valence-electron chi connectivity index (χ2n) is 9.17. The highest BCUT2D eigenvalue weighted by Crippen LogP contribution is 2.41. The molecule has 0 saturated carbocycles. The summed E-state index contributed by atoms with van der Waals surface area (Å²) in [6.07, 6.45) is 4.28. The van der Waals surface area contributed by atoms with E-state index in [4.69, 9.17) is 22.1 Å². The number of aromatic nitrogens is 2. The van der Waals surface area contributed by atoms with Crippen LogP contribution in [0.5, 0.6) is 0 Å². The lowest BCUT2D eigenvalue weighted by atomic mass is 9.95. The van der Waals surface area contributed by atoms with E-state index in [1.165, 1.54) is 12.1 Å². The van der Waals surface area contributed by atoms with Gasteiger partial charge in [-0.3, -0.25) is 9.97 Å². The van der Waals surface area contributed by atoms with Gasteiger partial charge in [-0.15, -0.1) is 0 Å². The number of nitrogens with two attached hydrogens (primary N) is 1. The number of pyridine rings is 2. The Morgan fingerprint density at radius 1 is 1.06 bits per heavy atom. The molecule has 0 bridgehead atoms. The average Bonchev–Trinajstić information content (AvgIpc) is 2.88. The summed E-state index contributed by atoms with van der Waals surface area (Å²) in [4.78, 5) is 11.3. The highest BCUT2D eigenvalue weighted by atomic mass is 35.5. The van der Waals surface area contributed by atoms with Crippen molar-refractivity contribution in [2.45, 2.75) is 18.6 Å². The van der Waals surface area contributed by atoms with Gasteiger partial charge in [0.2, 0.25) is 0 Å². The Morgan fingerprint density at radius 2 is 1.89 bits per heavy atom. The second kappa shape index (κ2) is 9.28. The number of fused-ring (bicyclic) bond motifs is 2. The predicted octanol–water partition coefficient (Wildman–Crippen LogP) is 5.04. The Balaban J connectivity index is 1.56. The Labute approximate surface area is 212 Å². The first kappa shape index (κ1) is 23.1. The molecular formula is C27H24ClF2N5O. The third kappa shape index (κ3) is 4.15. The van der Waals surface area contributed by atoms with E-state index in [-0.39, 0.29) is 12.1 Å². The van der Waals surface area contributed by atoms with E-state index in [9.17, 15) is 8.78 Å². The smallest absolute Gasteiger partial charge is 0.126 e. The number of morpholine rings is 1. The van der Waals surface area contributed by atoms with E-state index in [1.807, 2.05) is 18.2 Å². The summed E-state index contributed by atoms with van der Waals surface area (Å²) in [5, 5.41) is 4.82. The first-order valence-electron chi connectivity index (χ1n) is 11.9. The van der Waals surface area contributed by atoms with Crippen molar-refractivity contribution in [1.82, 2.24) is 15.3 Å². The van der Waals surface area contributed by atoms with E-state index < -0.39 is 11.6 Å². The number of nitrogens with one attached hydrogen (secondary N) is 1. The van der Waals surface area contributed by atoms with Crippen molar-refractivity contribution in [2.75, 3.05) is 36.9 Å². The van der Waals surface area contributed by atoms with E-state index >= 15 is 0 Å². The molecule has 36 heavy (non-hydrogen) atoms. The molecule has 2 aromatic heterocycles. The van der Waals surface area contributed by atoms with Gasteiger partial charge in [-0.2, -0.15) is 0 Å². The van der Waals surface area contributed by atoms with Crippen LogP contribution in [0.25, 0.3) is 33.3 Å². The molecule has 0 radical (unpaired) electrons. The quantitative estimate of drug-likeness (QED) is 0.404. The van der Waals surface area contributed by atoms with Crippen molar-refractivity contribution in [3.63, 3.8) is 0 Å². The molecule has 6 nitrogen and oxygen atoms in total. The van der Waals surface area contributed by atoms with Crippen molar-refractivity contribution in [1.29, 1.82) is 0 Å². The zero-order valence-corrected chi connectivity index (χ0v) is 20.1. The van der Waals surface area contributed by atoms with Gasteiger partial charge in [0.05, 0.1) is 46.4 Å². The topological polar surface area (TPSA) is 76.3 Å². The van der Waals surface area contributed by atoms with Crippen LogP contribution in [-0.4, -0.2) is 48.4 Å². The van der Waals surface area contributed by atoms with Crippen LogP contribution in [0.1, 0.15) is 6.42 Å². The molecule has 0 amide bonds. The first-order valence-corrected chi connectivity index (χ1v) is 12.3. The Hall–Kier alpha value is -3.33. The summed E-state index contributed by atoms with van der Waals surface area (Å²) >= 11 is 6.26. The maximum atomic E-state index is 14.3. The lowest BCUT2D eigenvalue weighted by Gasteiger charge is -2.43. The van der Waals surface area contributed by atoms with Gasteiger partial charge >= 0.3 is 0 Å². The zero-order valence-electron chi connectivity index (χ0n) is 19.3. The molecule has 6 rings (SSSR count). The minimum atomic E-state index is -0.637. The summed E-state index contributed by atoms with van der Waals surface area (Å²) in [5.41, 5.74) is 10.7. The minimum absolute atomic E-state index is 0.143. The van der Waals surface area contributed by atoms with E-state index in [1.54, 1.807) is 18.5 Å². The number of ether oxygens (including phenoxy) is 1. The fourth-order valence-electron chi connectivity index (χ4n) is 5.25. The highest BCUT2D eigenvalue weighted by molar-refractivity contribution is 6.33. The van der Waals surface area contributed by atoms with Gasteiger partial charge in [0.15, 0.2) is 0 Å². The molecule has 4 aromatic rings. The fourth-order valence-corrected chi connectivity index (χ4v) is 5.40. The predicted molar refractivity (Wildman–Crippen MR) is 138 cm³/mol. The Morgan fingerprint density at radius 3 is 2.72 bits per heavy atom. The van der Waals surface area contributed by atoms with Crippen LogP contribution in [0, 0.1) is 11.6 Å². The first-order chi connectivity index (χ1) is 17.5. The standard InChI is InChI=1S/C27H24ClF2N5O/c28-21-3-5-33-26(25(21)31)15-1-2-22-19(11-15)27(35-7-4-24-23(14-35)32-6-8-36-24)20(13-34-22)16-9-17(29)12-18(30)10-16/h1-3,5,9-13,23-24,32H,4,6-8,14,31H2/t23-,24-/m1/s1. The summed E-state index contributed by atoms with van der Waals surface area (Å²) < 4.78 is 34.5.